The van der Waals surface area contributed by atoms with Crippen LogP contribution in [0.15, 0.2) is 47.6 Å². The van der Waals surface area contributed by atoms with Gasteiger partial charge < -0.3 is 4.90 Å². The Labute approximate surface area is 121 Å². The summed E-state index contributed by atoms with van der Waals surface area (Å²) in [6.07, 6.45) is -0.525. The topological polar surface area (TPSA) is 3.24 Å². The maximum Gasteiger partial charge on any atom is 0.247 e. The fraction of sp³-hybridized carbons (Fsp3) is 0.312. The molecule has 1 aromatic rings. The standard InChI is InChI=1S/C16H19F2NS/c1-11-5-8-14(20(4)10-16(17)18)9-15(11)19-12(2)6-7-13(19)3/h5,8-9,16H,2-4,6-7,10H2,1H3. The Morgan fingerprint density at radius 3 is 2.40 bits per heavy atom. The Balaban J connectivity index is 2.36. The van der Waals surface area contributed by atoms with Crippen LogP contribution in [0, 0.1) is 6.92 Å². The molecule has 2 rings (SSSR count). The molecule has 1 atom stereocenters. The van der Waals surface area contributed by atoms with Crippen LogP contribution in [0.1, 0.15) is 18.4 Å². The molecule has 1 heterocycles. The molecular weight excluding hydrogens is 276 g/mol. The number of halogens is 2. The second-order valence-electron chi connectivity index (χ2n) is 4.97. The van der Waals surface area contributed by atoms with Crippen LogP contribution >= 0.6 is 10.5 Å². The average Bonchev–Trinajstić information content (AvgIpc) is 2.69. The van der Waals surface area contributed by atoms with Crippen LogP contribution in [0.25, 0.3) is 0 Å². The minimum Gasteiger partial charge on any atom is -0.319 e. The molecule has 0 radical (unpaired) electrons. The summed E-state index contributed by atoms with van der Waals surface area (Å²) in [4.78, 5) is 2.90. The molecule has 1 aliphatic heterocycles. The van der Waals surface area contributed by atoms with Gasteiger partial charge in [0.15, 0.2) is 0 Å². The second-order valence-corrected chi connectivity index (χ2v) is 6.76. The molecule has 1 unspecified atom stereocenters. The normalized spacial score (nSPS) is 17.1. The van der Waals surface area contributed by atoms with E-state index in [0.717, 1.165) is 40.4 Å². The van der Waals surface area contributed by atoms with Crippen molar-refractivity contribution >= 4 is 22.0 Å². The number of allylic oxidation sites excluding steroid dienone is 2. The van der Waals surface area contributed by atoms with Gasteiger partial charge in [-0.2, -0.15) is 10.5 Å². The molecule has 0 bridgehead atoms. The summed E-state index contributed by atoms with van der Waals surface area (Å²) in [5, 5.41) is 0. The third kappa shape index (κ3) is 3.01. The van der Waals surface area contributed by atoms with Crippen LogP contribution in [-0.2, 0) is 0 Å². The van der Waals surface area contributed by atoms with E-state index in [4.69, 9.17) is 0 Å². The van der Waals surface area contributed by atoms with Gasteiger partial charge in [0.25, 0.3) is 0 Å². The van der Waals surface area contributed by atoms with Gasteiger partial charge in [-0.3, -0.25) is 0 Å². The maximum atomic E-state index is 12.5. The van der Waals surface area contributed by atoms with Crippen LogP contribution in [0.3, 0.4) is 0 Å². The van der Waals surface area contributed by atoms with Crippen molar-refractivity contribution in [1.82, 2.24) is 0 Å². The zero-order valence-corrected chi connectivity index (χ0v) is 12.5. The highest BCUT2D eigenvalue weighted by Gasteiger charge is 2.22. The van der Waals surface area contributed by atoms with Crippen molar-refractivity contribution in [3.63, 3.8) is 0 Å². The van der Waals surface area contributed by atoms with E-state index in [-0.39, 0.29) is 5.75 Å². The van der Waals surface area contributed by atoms with Gasteiger partial charge in [0.2, 0.25) is 6.43 Å². The van der Waals surface area contributed by atoms with Gasteiger partial charge in [0, 0.05) is 22.0 Å². The molecule has 1 aliphatic rings. The van der Waals surface area contributed by atoms with Crippen molar-refractivity contribution in [2.45, 2.75) is 31.1 Å². The van der Waals surface area contributed by atoms with Gasteiger partial charge in [0.1, 0.15) is 0 Å². The number of nitrogens with zero attached hydrogens (tertiary/aromatic N) is 1. The summed E-state index contributed by atoms with van der Waals surface area (Å²) < 4.78 is 25.0. The van der Waals surface area contributed by atoms with E-state index >= 15 is 0 Å². The number of benzene rings is 1. The molecule has 4 heteroatoms. The summed E-state index contributed by atoms with van der Waals surface area (Å²) in [5.41, 5.74) is 4.10. The van der Waals surface area contributed by atoms with Crippen molar-refractivity contribution in [3.8, 4) is 0 Å². The van der Waals surface area contributed by atoms with Gasteiger partial charge >= 0.3 is 0 Å². The summed E-state index contributed by atoms with van der Waals surface area (Å²) in [6.45, 7) is 10.1. The number of rotatable bonds is 4. The molecule has 0 amide bonds. The Morgan fingerprint density at radius 2 is 1.85 bits per heavy atom. The lowest BCUT2D eigenvalue weighted by atomic mass is 10.2. The highest BCUT2D eigenvalue weighted by atomic mass is 32.2. The summed E-state index contributed by atoms with van der Waals surface area (Å²) in [6, 6.07) is 5.80. The monoisotopic (exact) mass is 295 g/mol. The van der Waals surface area contributed by atoms with Crippen molar-refractivity contribution in [2.75, 3.05) is 10.7 Å². The Bertz CT molecular complexity index is 562. The molecule has 1 aromatic carbocycles. The molecular formula is C16H19F2NS. The quantitative estimate of drug-likeness (QED) is 0.711. The molecule has 0 spiro atoms. The molecule has 108 valence electrons. The molecule has 1 saturated heterocycles. The fourth-order valence-electron chi connectivity index (χ4n) is 2.33. The van der Waals surface area contributed by atoms with Crippen LogP contribution in [0.4, 0.5) is 14.5 Å². The van der Waals surface area contributed by atoms with E-state index in [0.29, 0.717) is 0 Å². The maximum absolute atomic E-state index is 12.5. The van der Waals surface area contributed by atoms with E-state index in [1.165, 1.54) is 0 Å². The van der Waals surface area contributed by atoms with E-state index in [1.807, 2.05) is 30.0 Å². The molecule has 20 heavy (non-hydrogen) atoms. The Morgan fingerprint density at radius 1 is 1.25 bits per heavy atom. The van der Waals surface area contributed by atoms with Crippen LogP contribution in [0.5, 0.6) is 0 Å². The van der Waals surface area contributed by atoms with Gasteiger partial charge in [-0.15, -0.1) is 0 Å². The third-order valence-corrected chi connectivity index (χ3v) is 4.99. The molecule has 1 nitrogen and oxygen atoms in total. The fourth-order valence-corrected chi connectivity index (χ4v) is 3.37. The second kappa shape index (κ2) is 5.92. The first-order chi connectivity index (χ1) is 9.40. The van der Waals surface area contributed by atoms with Crippen molar-refractivity contribution < 1.29 is 8.78 Å². The minimum absolute atomic E-state index is 0.190. The molecule has 1 fully saturated rings. The first-order valence-electron chi connectivity index (χ1n) is 6.45. The van der Waals surface area contributed by atoms with Crippen molar-refractivity contribution in [1.29, 1.82) is 0 Å². The van der Waals surface area contributed by atoms with E-state index in [2.05, 4.69) is 19.0 Å². The van der Waals surface area contributed by atoms with E-state index in [9.17, 15) is 8.78 Å². The number of aryl methyl sites for hydroxylation is 1. The Kier molecular flexibility index (Phi) is 4.43. The van der Waals surface area contributed by atoms with Crippen molar-refractivity contribution in [2.24, 2.45) is 0 Å². The zero-order chi connectivity index (χ0) is 14.9. The van der Waals surface area contributed by atoms with Crippen LogP contribution < -0.4 is 4.90 Å². The molecule has 0 saturated carbocycles. The SMILES string of the molecule is C=C1CCC(=C)N1c1cc(S(=C)CC(F)F)ccc1C. The van der Waals surface area contributed by atoms with Crippen molar-refractivity contribution in [3.05, 3.63) is 48.3 Å². The van der Waals surface area contributed by atoms with E-state index < -0.39 is 16.9 Å². The number of anilines is 1. The zero-order valence-electron chi connectivity index (χ0n) is 11.7. The summed E-state index contributed by atoms with van der Waals surface area (Å²) in [7, 11) is -0.691. The highest BCUT2D eigenvalue weighted by molar-refractivity contribution is 8.14. The van der Waals surface area contributed by atoms with Crippen LogP contribution in [0.2, 0.25) is 0 Å². The largest absolute Gasteiger partial charge is 0.319 e. The first kappa shape index (κ1) is 15.0. The lowest BCUT2D eigenvalue weighted by Gasteiger charge is -2.24. The third-order valence-electron chi connectivity index (χ3n) is 3.42. The lowest BCUT2D eigenvalue weighted by Crippen LogP contribution is -2.14. The highest BCUT2D eigenvalue weighted by Crippen LogP contribution is 2.38. The molecule has 0 N–H and O–H groups in total. The lowest BCUT2D eigenvalue weighted by molar-refractivity contribution is 0.176. The Hall–Kier alpha value is -1.42. The predicted molar refractivity (Wildman–Crippen MR) is 85.0 cm³/mol. The van der Waals surface area contributed by atoms with Gasteiger partial charge in [-0.05, 0) is 37.5 Å². The van der Waals surface area contributed by atoms with Gasteiger partial charge in [0.05, 0.1) is 5.75 Å². The van der Waals surface area contributed by atoms with Gasteiger partial charge in [-0.25, -0.2) is 8.78 Å². The molecule has 0 aliphatic carbocycles. The summed E-state index contributed by atoms with van der Waals surface area (Å²) in [5.74, 6) is 3.68. The van der Waals surface area contributed by atoms with Crippen LogP contribution in [-0.4, -0.2) is 18.0 Å². The predicted octanol–water partition coefficient (Wildman–Crippen LogP) is 4.95. The minimum atomic E-state index is -2.32. The van der Waals surface area contributed by atoms with Gasteiger partial charge in [-0.1, -0.05) is 25.1 Å². The first-order valence-corrected chi connectivity index (χ1v) is 8.01. The molecule has 0 aromatic heterocycles. The van der Waals surface area contributed by atoms with E-state index in [1.54, 1.807) is 0 Å². The number of alkyl halides is 2. The average molecular weight is 295 g/mol. The number of hydrogen-bond donors (Lipinski definition) is 0. The number of hydrogen-bond acceptors (Lipinski definition) is 1. The smallest absolute Gasteiger partial charge is 0.247 e. The summed E-state index contributed by atoms with van der Waals surface area (Å²) >= 11 is 0.